The third-order valence-electron chi connectivity index (χ3n) is 3.15. The average Bonchev–Trinajstić information content (AvgIpc) is 2.29. The van der Waals surface area contributed by atoms with E-state index in [9.17, 15) is 9.90 Å². The van der Waals surface area contributed by atoms with Gasteiger partial charge in [-0.05, 0) is 27.4 Å². The molecule has 2 N–H and O–H groups in total. The minimum atomic E-state index is -1.07. The van der Waals surface area contributed by atoms with Crippen LogP contribution in [0.5, 0.6) is 0 Å². The van der Waals surface area contributed by atoms with E-state index in [1.165, 1.54) is 0 Å². The largest absolute Gasteiger partial charge is 0.389 e. The van der Waals surface area contributed by atoms with Crippen molar-refractivity contribution in [3.8, 4) is 0 Å². The summed E-state index contributed by atoms with van der Waals surface area (Å²) in [4.78, 5) is 12.2. The highest BCUT2D eigenvalue weighted by atomic mass is 35.5. The summed E-state index contributed by atoms with van der Waals surface area (Å²) in [6, 6.07) is 0.0125. The lowest BCUT2D eigenvalue weighted by Gasteiger charge is -2.41. The second-order valence-corrected chi connectivity index (χ2v) is 5.86. The van der Waals surface area contributed by atoms with E-state index in [1.54, 1.807) is 0 Å². The summed E-state index contributed by atoms with van der Waals surface area (Å²) < 4.78 is 5.63. The summed E-state index contributed by atoms with van der Waals surface area (Å²) in [6.45, 7) is 2.16. The molecule has 5 nitrogen and oxygen atoms in total. The summed E-state index contributed by atoms with van der Waals surface area (Å²) >= 11 is 10.9. The van der Waals surface area contributed by atoms with Gasteiger partial charge in [-0.1, -0.05) is 23.2 Å². The summed E-state index contributed by atoms with van der Waals surface area (Å²) in [7, 11) is 3.82. The standard InChI is InChI=1S/C11H20Cl2N2O3/c1-6-9(16)8(15(2)3)4-7(18-6)5-14-11(17)10(12)13/h6-10,16H,4-5H2,1-3H3,(H,14,17)/t6-,7-,8?,9?/m0/s1. The van der Waals surface area contributed by atoms with Gasteiger partial charge in [0, 0.05) is 12.6 Å². The van der Waals surface area contributed by atoms with Gasteiger partial charge in [-0.2, -0.15) is 0 Å². The van der Waals surface area contributed by atoms with Crippen molar-refractivity contribution in [1.82, 2.24) is 10.2 Å². The van der Waals surface area contributed by atoms with Gasteiger partial charge in [-0.3, -0.25) is 4.79 Å². The molecule has 1 saturated heterocycles. The molecule has 0 aromatic heterocycles. The smallest absolute Gasteiger partial charge is 0.253 e. The predicted molar refractivity (Wildman–Crippen MR) is 70.9 cm³/mol. The molecule has 1 heterocycles. The van der Waals surface area contributed by atoms with E-state index in [4.69, 9.17) is 27.9 Å². The molecule has 0 bridgehead atoms. The van der Waals surface area contributed by atoms with E-state index < -0.39 is 16.8 Å². The number of amides is 1. The zero-order chi connectivity index (χ0) is 13.9. The van der Waals surface area contributed by atoms with E-state index in [0.717, 1.165) is 0 Å². The molecule has 4 atom stereocenters. The van der Waals surface area contributed by atoms with Gasteiger partial charge in [0.15, 0.2) is 4.84 Å². The highest BCUT2D eigenvalue weighted by Crippen LogP contribution is 2.22. The van der Waals surface area contributed by atoms with Crippen molar-refractivity contribution in [2.45, 2.75) is 42.5 Å². The summed E-state index contributed by atoms with van der Waals surface area (Å²) in [6.07, 6.45) is -0.294. The number of likely N-dealkylation sites (N-methyl/N-ethyl adjacent to an activating group) is 1. The first kappa shape index (κ1) is 16.0. The van der Waals surface area contributed by atoms with Crippen molar-refractivity contribution in [3.05, 3.63) is 0 Å². The number of carbonyl (C=O) groups is 1. The van der Waals surface area contributed by atoms with Crippen LogP contribution >= 0.6 is 23.2 Å². The van der Waals surface area contributed by atoms with Gasteiger partial charge in [0.05, 0.1) is 18.3 Å². The molecule has 0 spiro atoms. The van der Waals surface area contributed by atoms with Gasteiger partial charge < -0.3 is 20.1 Å². The molecule has 7 heteroatoms. The number of rotatable bonds is 4. The van der Waals surface area contributed by atoms with Gasteiger partial charge in [-0.15, -0.1) is 0 Å². The topological polar surface area (TPSA) is 61.8 Å². The Morgan fingerprint density at radius 3 is 2.67 bits per heavy atom. The third-order valence-corrected chi connectivity index (χ3v) is 3.55. The van der Waals surface area contributed by atoms with Crippen LogP contribution in [0.4, 0.5) is 0 Å². The fourth-order valence-corrected chi connectivity index (χ4v) is 2.25. The molecule has 2 unspecified atom stereocenters. The van der Waals surface area contributed by atoms with Crippen LogP contribution in [0, 0.1) is 0 Å². The van der Waals surface area contributed by atoms with Crippen molar-refractivity contribution in [3.63, 3.8) is 0 Å². The number of nitrogens with zero attached hydrogens (tertiary/aromatic N) is 1. The van der Waals surface area contributed by atoms with E-state index >= 15 is 0 Å². The first-order valence-corrected chi connectivity index (χ1v) is 6.76. The predicted octanol–water partition coefficient (Wildman–Crippen LogP) is 0.375. The molecule has 1 aliphatic rings. The van der Waals surface area contributed by atoms with Gasteiger partial charge in [0.1, 0.15) is 0 Å². The van der Waals surface area contributed by atoms with Crippen LogP contribution in [0.1, 0.15) is 13.3 Å². The minimum absolute atomic E-state index is 0.0125. The molecule has 1 amide bonds. The van der Waals surface area contributed by atoms with Crippen molar-refractivity contribution in [2.75, 3.05) is 20.6 Å². The number of carbonyl (C=O) groups excluding carboxylic acids is 1. The first-order chi connectivity index (χ1) is 8.32. The van der Waals surface area contributed by atoms with E-state index in [2.05, 4.69) is 5.32 Å². The van der Waals surface area contributed by atoms with Gasteiger partial charge >= 0.3 is 0 Å². The quantitative estimate of drug-likeness (QED) is 0.737. The lowest BCUT2D eigenvalue weighted by molar-refractivity contribution is -0.141. The van der Waals surface area contributed by atoms with Crippen LogP contribution in [-0.4, -0.2) is 65.7 Å². The zero-order valence-electron chi connectivity index (χ0n) is 10.8. The number of nitrogens with one attached hydrogen (secondary N) is 1. The molecule has 18 heavy (non-hydrogen) atoms. The molecule has 106 valence electrons. The second kappa shape index (κ2) is 6.91. The average molecular weight is 299 g/mol. The van der Waals surface area contributed by atoms with E-state index in [-0.39, 0.29) is 18.2 Å². The highest BCUT2D eigenvalue weighted by molar-refractivity contribution is 6.53. The second-order valence-electron chi connectivity index (χ2n) is 4.77. The van der Waals surface area contributed by atoms with Crippen molar-refractivity contribution < 1.29 is 14.6 Å². The zero-order valence-corrected chi connectivity index (χ0v) is 12.3. The maximum atomic E-state index is 11.3. The van der Waals surface area contributed by atoms with Crippen LogP contribution in [0.3, 0.4) is 0 Å². The molecular weight excluding hydrogens is 279 g/mol. The lowest BCUT2D eigenvalue weighted by Crippen LogP contribution is -2.55. The van der Waals surface area contributed by atoms with Crippen molar-refractivity contribution in [1.29, 1.82) is 0 Å². The number of hydrogen-bond donors (Lipinski definition) is 2. The van der Waals surface area contributed by atoms with Crippen LogP contribution in [0.15, 0.2) is 0 Å². The molecule has 0 aliphatic carbocycles. The SMILES string of the molecule is C[C@@H]1O[C@H](CNC(=O)C(Cl)Cl)CC(N(C)C)C1O. The summed E-state index contributed by atoms with van der Waals surface area (Å²) in [5.41, 5.74) is 0. The highest BCUT2D eigenvalue weighted by Gasteiger charge is 2.36. The van der Waals surface area contributed by atoms with E-state index in [1.807, 2.05) is 25.9 Å². The Morgan fingerprint density at radius 2 is 2.17 bits per heavy atom. The number of hydrogen-bond acceptors (Lipinski definition) is 4. The Labute approximate surface area is 117 Å². The van der Waals surface area contributed by atoms with Gasteiger partial charge in [0.25, 0.3) is 5.91 Å². The number of alkyl halides is 2. The van der Waals surface area contributed by atoms with Crippen LogP contribution in [0.2, 0.25) is 0 Å². The first-order valence-electron chi connectivity index (χ1n) is 5.88. The number of aliphatic hydroxyl groups excluding tert-OH is 1. The summed E-state index contributed by atoms with van der Waals surface area (Å²) in [5, 5.41) is 12.6. The molecule has 1 rings (SSSR count). The maximum absolute atomic E-state index is 11.3. The molecule has 0 radical (unpaired) electrons. The monoisotopic (exact) mass is 298 g/mol. The maximum Gasteiger partial charge on any atom is 0.253 e. The Balaban J connectivity index is 2.50. The molecule has 1 fully saturated rings. The fraction of sp³-hybridized carbons (Fsp3) is 0.909. The van der Waals surface area contributed by atoms with Crippen molar-refractivity contribution in [2.24, 2.45) is 0 Å². The van der Waals surface area contributed by atoms with Crippen LogP contribution < -0.4 is 5.32 Å². The van der Waals surface area contributed by atoms with Gasteiger partial charge in [-0.25, -0.2) is 0 Å². The third kappa shape index (κ3) is 4.24. The normalized spacial score (nSPS) is 32.9. The van der Waals surface area contributed by atoms with Crippen LogP contribution in [0.25, 0.3) is 0 Å². The fourth-order valence-electron chi connectivity index (χ4n) is 2.10. The van der Waals surface area contributed by atoms with Crippen molar-refractivity contribution >= 4 is 29.1 Å². The molecule has 0 aromatic rings. The van der Waals surface area contributed by atoms with Gasteiger partial charge in [0.2, 0.25) is 0 Å². The molecule has 0 aromatic carbocycles. The molecule has 0 saturated carbocycles. The molecular formula is C11H20Cl2N2O3. The lowest BCUT2D eigenvalue weighted by atomic mass is 9.95. The number of ether oxygens (including phenoxy) is 1. The summed E-state index contributed by atoms with van der Waals surface area (Å²) in [5.74, 6) is -0.429. The minimum Gasteiger partial charge on any atom is -0.389 e. The Morgan fingerprint density at radius 1 is 1.56 bits per heavy atom. The Hall–Kier alpha value is -0.0700. The number of aliphatic hydroxyl groups is 1. The Bertz CT molecular complexity index is 289. The Kier molecular flexibility index (Phi) is 6.14. The van der Waals surface area contributed by atoms with E-state index in [0.29, 0.717) is 13.0 Å². The molecule has 1 aliphatic heterocycles. The van der Waals surface area contributed by atoms with Crippen LogP contribution in [-0.2, 0) is 9.53 Å². The number of halogens is 2.